The van der Waals surface area contributed by atoms with Gasteiger partial charge in [-0.15, -0.1) is 0 Å². The number of hydrogen-bond donors (Lipinski definition) is 0. The second kappa shape index (κ2) is 7.18. The molecular weight excluding hydrogens is 446 g/mol. The van der Waals surface area contributed by atoms with Crippen LogP contribution < -0.4 is 0 Å². The predicted molar refractivity (Wildman–Crippen MR) is 117 cm³/mol. The highest BCUT2D eigenvalue weighted by Crippen LogP contribution is 2.48. The Bertz CT molecular complexity index is 1140. The van der Waals surface area contributed by atoms with Crippen molar-refractivity contribution in [3.63, 3.8) is 0 Å². The van der Waals surface area contributed by atoms with Crippen molar-refractivity contribution in [1.29, 1.82) is 0 Å². The van der Waals surface area contributed by atoms with Gasteiger partial charge in [0.1, 0.15) is 11.7 Å². The number of benzene rings is 1. The zero-order valence-corrected chi connectivity index (χ0v) is 18.8. The summed E-state index contributed by atoms with van der Waals surface area (Å²) in [7, 11) is 5.95. The highest BCUT2D eigenvalue weighted by molar-refractivity contribution is 9.10. The Hall–Kier alpha value is -2.22. The number of piperidine rings is 1. The number of halogens is 1. The summed E-state index contributed by atoms with van der Waals surface area (Å²) in [6.45, 7) is 0.668. The summed E-state index contributed by atoms with van der Waals surface area (Å²) >= 11 is 3.36. The van der Waals surface area contributed by atoms with Crippen molar-refractivity contribution >= 4 is 32.8 Å². The van der Waals surface area contributed by atoms with E-state index in [2.05, 4.69) is 68.9 Å². The zero-order chi connectivity index (χ0) is 21.0. The average molecular weight is 470 g/mol. The van der Waals surface area contributed by atoms with Crippen LogP contribution >= 0.6 is 15.9 Å². The molecule has 0 radical (unpaired) electrons. The number of aromatic nitrogens is 2. The van der Waals surface area contributed by atoms with E-state index in [1.54, 1.807) is 19.4 Å². The summed E-state index contributed by atoms with van der Waals surface area (Å²) in [4.78, 5) is 19.1. The monoisotopic (exact) mass is 469 g/mol. The first-order valence-corrected chi connectivity index (χ1v) is 10.9. The molecule has 1 aliphatic heterocycles. The Labute approximate surface area is 183 Å². The standard InChI is InChI=1S/C23H24BrN3O3/c1-26-12-15-8-20-23(29-3,18-5-4-6-19(26)21(15)18)9-17(13-27(20)2)30-22(28)14-7-16(24)11-25-10-14/h4-7,10-12,17,20H,8-9,13H2,1-3H3/t17?,20-,23+/m1/s1. The molecule has 3 atom stereocenters. The van der Waals surface area contributed by atoms with Crippen molar-refractivity contribution in [3.05, 3.63) is 64.0 Å². The van der Waals surface area contributed by atoms with E-state index in [1.807, 2.05) is 0 Å². The van der Waals surface area contributed by atoms with Gasteiger partial charge in [0.05, 0.1) is 5.56 Å². The predicted octanol–water partition coefficient (Wildman–Crippen LogP) is 3.66. The molecule has 0 saturated carbocycles. The van der Waals surface area contributed by atoms with Crippen molar-refractivity contribution < 1.29 is 14.3 Å². The maximum absolute atomic E-state index is 12.8. The first kappa shape index (κ1) is 19.7. The molecule has 1 saturated heterocycles. The van der Waals surface area contributed by atoms with Crippen molar-refractivity contribution in [2.45, 2.75) is 30.6 Å². The lowest BCUT2D eigenvalue weighted by molar-refractivity contribution is -0.143. The van der Waals surface area contributed by atoms with E-state index in [-0.39, 0.29) is 18.1 Å². The number of carbonyl (C=O) groups is 1. The average Bonchev–Trinajstić information content (AvgIpc) is 3.06. The number of esters is 1. The van der Waals surface area contributed by atoms with Gasteiger partial charge in [-0.05, 0) is 52.7 Å². The van der Waals surface area contributed by atoms with Crippen molar-refractivity contribution in [1.82, 2.24) is 14.5 Å². The third kappa shape index (κ3) is 2.91. The number of ether oxygens (including phenoxy) is 2. The van der Waals surface area contributed by atoms with Crippen LogP contribution in [0.25, 0.3) is 10.9 Å². The highest BCUT2D eigenvalue weighted by Gasteiger charge is 2.52. The normalized spacial score (nSPS) is 25.9. The number of likely N-dealkylation sites (N-methyl/N-ethyl adjacent to an activating group) is 1. The second-order valence-corrected chi connectivity index (χ2v) is 9.26. The van der Waals surface area contributed by atoms with Crippen LogP contribution in [0.5, 0.6) is 0 Å². The molecule has 0 bridgehead atoms. The fourth-order valence-electron chi connectivity index (χ4n) is 5.36. The van der Waals surface area contributed by atoms with Gasteiger partial charge in [-0.2, -0.15) is 0 Å². The Morgan fingerprint density at radius 3 is 2.90 bits per heavy atom. The molecule has 30 heavy (non-hydrogen) atoms. The van der Waals surface area contributed by atoms with Gasteiger partial charge in [0.15, 0.2) is 0 Å². The van der Waals surface area contributed by atoms with Gasteiger partial charge in [0.2, 0.25) is 0 Å². The number of pyridine rings is 1. The largest absolute Gasteiger partial charge is 0.457 e. The smallest absolute Gasteiger partial charge is 0.340 e. The highest BCUT2D eigenvalue weighted by atomic mass is 79.9. The van der Waals surface area contributed by atoms with E-state index in [0.29, 0.717) is 18.5 Å². The molecule has 0 spiro atoms. The van der Waals surface area contributed by atoms with Crippen LogP contribution in [0.4, 0.5) is 0 Å². The first-order valence-electron chi connectivity index (χ1n) is 10.1. The minimum Gasteiger partial charge on any atom is -0.457 e. The summed E-state index contributed by atoms with van der Waals surface area (Å²) in [5, 5.41) is 1.27. The fraction of sp³-hybridized carbons (Fsp3) is 0.391. The van der Waals surface area contributed by atoms with Crippen LogP contribution in [0, 0.1) is 0 Å². The SMILES string of the molecule is CO[C@]12CC(OC(=O)c3cncc(Br)c3)CN(C)[C@@H]1Cc1cn(C)c3cccc2c13. The minimum atomic E-state index is -0.526. The van der Waals surface area contributed by atoms with Crippen molar-refractivity contribution in [2.75, 3.05) is 20.7 Å². The van der Waals surface area contributed by atoms with Crippen LogP contribution in [0.2, 0.25) is 0 Å². The maximum atomic E-state index is 12.8. The summed E-state index contributed by atoms with van der Waals surface area (Å²) in [6, 6.07) is 8.32. The Morgan fingerprint density at radius 2 is 2.13 bits per heavy atom. The quantitative estimate of drug-likeness (QED) is 0.547. The van der Waals surface area contributed by atoms with Gasteiger partial charge in [-0.3, -0.25) is 9.88 Å². The summed E-state index contributed by atoms with van der Waals surface area (Å²) in [5.41, 5.74) is 3.66. The van der Waals surface area contributed by atoms with Crippen LogP contribution in [0.3, 0.4) is 0 Å². The van der Waals surface area contributed by atoms with Crippen LogP contribution in [-0.2, 0) is 28.5 Å². The lowest BCUT2D eigenvalue weighted by Gasteiger charge is -2.52. The van der Waals surface area contributed by atoms with E-state index < -0.39 is 5.60 Å². The van der Waals surface area contributed by atoms with Crippen molar-refractivity contribution in [3.8, 4) is 0 Å². The molecule has 1 aliphatic carbocycles. The van der Waals surface area contributed by atoms with Gasteiger partial charge in [0.25, 0.3) is 0 Å². The van der Waals surface area contributed by atoms with Gasteiger partial charge in [0, 0.05) is 67.1 Å². The van der Waals surface area contributed by atoms with Crippen LogP contribution in [0.15, 0.2) is 47.3 Å². The van der Waals surface area contributed by atoms with Crippen LogP contribution in [-0.4, -0.2) is 53.3 Å². The second-order valence-electron chi connectivity index (χ2n) is 8.34. The molecule has 0 N–H and O–H groups in total. The number of likely N-dealkylation sites (tertiary alicyclic amines) is 1. The molecular formula is C23H24BrN3O3. The zero-order valence-electron chi connectivity index (χ0n) is 17.3. The Kier molecular flexibility index (Phi) is 4.72. The van der Waals surface area contributed by atoms with Gasteiger partial charge in [-0.25, -0.2) is 4.79 Å². The summed E-state index contributed by atoms with van der Waals surface area (Å²) in [5.74, 6) is -0.360. The molecule has 2 aliphatic rings. The Balaban J connectivity index is 1.52. The van der Waals surface area contributed by atoms with E-state index in [0.717, 1.165) is 10.9 Å². The molecule has 3 aromatic rings. The molecule has 1 unspecified atom stereocenters. The molecule has 5 rings (SSSR count). The maximum Gasteiger partial charge on any atom is 0.340 e. The molecule has 156 valence electrons. The number of fused-ring (bicyclic) bond motifs is 2. The van der Waals surface area contributed by atoms with E-state index >= 15 is 0 Å². The number of hydrogen-bond acceptors (Lipinski definition) is 5. The lowest BCUT2D eigenvalue weighted by atomic mass is 9.70. The van der Waals surface area contributed by atoms with E-state index in [4.69, 9.17) is 9.47 Å². The topological polar surface area (TPSA) is 56.6 Å². The third-order valence-corrected chi connectivity index (χ3v) is 7.07. The molecule has 2 aromatic heterocycles. The molecule has 0 amide bonds. The number of rotatable bonds is 3. The molecule has 7 heteroatoms. The van der Waals surface area contributed by atoms with E-state index in [1.165, 1.54) is 28.2 Å². The number of nitrogens with zero attached hydrogens (tertiary/aromatic N) is 3. The lowest BCUT2D eigenvalue weighted by Crippen LogP contribution is -2.61. The molecule has 1 fully saturated rings. The van der Waals surface area contributed by atoms with Gasteiger partial charge < -0.3 is 14.0 Å². The van der Waals surface area contributed by atoms with Gasteiger partial charge >= 0.3 is 5.97 Å². The van der Waals surface area contributed by atoms with Gasteiger partial charge in [-0.1, -0.05) is 12.1 Å². The third-order valence-electron chi connectivity index (χ3n) is 6.63. The van der Waals surface area contributed by atoms with E-state index in [9.17, 15) is 4.79 Å². The first-order chi connectivity index (χ1) is 14.4. The Morgan fingerprint density at radius 1 is 1.30 bits per heavy atom. The van der Waals surface area contributed by atoms with Crippen LogP contribution in [0.1, 0.15) is 27.9 Å². The van der Waals surface area contributed by atoms with Crippen molar-refractivity contribution in [2.24, 2.45) is 7.05 Å². The number of aryl methyl sites for hydroxylation is 1. The minimum absolute atomic E-state index is 0.186. The molecule has 3 heterocycles. The number of carbonyl (C=O) groups excluding carboxylic acids is 1. The summed E-state index contributed by atoms with van der Waals surface area (Å²) < 4.78 is 15.2. The molecule has 6 nitrogen and oxygen atoms in total. The molecule has 1 aromatic carbocycles. The summed E-state index contributed by atoms with van der Waals surface area (Å²) in [6.07, 6.45) is 6.67. The number of methoxy groups -OCH3 is 1. The fourth-order valence-corrected chi connectivity index (χ4v) is 5.72.